The van der Waals surface area contributed by atoms with Crippen LogP contribution in [-0.2, 0) is 13.0 Å². The third-order valence-electron chi connectivity index (χ3n) is 4.45. The van der Waals surface area contributed by atoms with Crippen LogP contribution in [0.3, 0.4) is 0 Å². The van der Waals surface area contributed by atoms with Crippen molar-refractivity contribution in [3.63, 3.8) is 0 Å². The monoisotopic (exact) mass is 320 g/mol. The highest BCUT2D eigenvalue weighted by Gasteiger charge is 2.18. The Bertz CT molecular complexity index is 926. The summed E-state index contributed by atoms with van der Waals surface area (Å²) in [6.45, 7) is 0.927. The normalized spacial score (nSPS) is 13.1. The molecule has 3 heteroatoms. The molecule has 1 aliphatic heterocycles. The van der Waals surface area contributed by atoms with Crippen LogP contribution in [0.25, 0.3) is 22.3 Å². The summed E-state index contributed by atoms with van der Waals surface area (Å²) in [7, 11) is 0. The first-order chi connectivity index (χ1) is 11.2. The molecule has 2 nitrogen and oxygen atoms in total. The van der Waals surface area contributed by atoms with E-state index in [0.717, 1.165) is 41.6 Å². The van der Waals surface area contributed by atoms with Crippen molar-refractivity contribution >= 4 is 11.6 Å². The maximum absolute atomic E-state index is 8.75. The summed E-state index contributed by atoms with van der Waals surface area (Å²) in [5, 5.41) is 9.45. The second kappa shape index (κ2) is 5.71. The molecule has 4 rings (SSSR count). The van der Waals surface area contributed by atoms with Crippen LogP contribution in [0.5, 0.6) is 0 Å². The van der Waals surface area contributed by atoms with E-state index < -0.39 is 0 Å². The molecular weight excluding hydrogens is 304 g/mol. The predicted molar refractivity (Wildman–Crippen MR) is 94.5 cm³/mol. The number of hydrogen-bond acceptors (Lipinski definition) is 1. The van der Waals surface area contributed by atoms with E-state index in [0.29, 0.717) is 10.5 Å². The fraction of sp³-hybridized carbons (Fsp3) is 0.150. The smallest absolute Gasteiger partial charge is 0.133 e. The number of rotatable bonds is 2. The fourth-order valence-corrected chi connectivity index (χ4v) is 3.58. The van der Waals surface area contributed by atoms with Gasteiger partial charge in [0.15, 0.2) is 0 Å². The third kappa shape index (κ3) is 2.49. The van der Waals surface area contributed by atoms with E-state index in [2.05, 4.69) is 22.8 Å². The minimum Gasteiger partial charge on any atom is -0.330 e. The van der Waals surface area contributed by atoms with Gasteiger partial charge >= 0.3 is 0 Å². The lowest BCUT2D eigenvalue weighted by molar-refractivity contribution is 0.702. The van der Waals surface area contributed by atoms with Crippen LogP contribution < -0.4 is 5.49 Å². The molecule has 0 amide bonds. The van der Waals surface area contributed by atoms with Gasteiger partial charge in [-0.2, -0.15) is 0 Å². The predicted octanol–water partition coefficient (Wildman–Crippen LogP) is 4.90. The van der Waals surface area contributed by atoms with Crippen molar-refractivity contribution in [2.45, 2.75) is 19.4 Å². The number of aryl methyl sites for hydroxylation is 1. The molecule has 0 saturated carbocycles. The van der Waals surface area contributed by atoms with Gasteiger partial charge in [0.05, 0.1) is 0 Å². The van der Waals surface area contributed by atoms with Gasteiger partial charge in [0.2, 0.25) is 0 Å². The Labute approximate surface area is 140 Å². The van der Waals surface area contributed by atoms with E-state index in [-0.39, 0.29) is 0 Å². The zero-order valence-electron chi connectivity index (χ0n) is 12.7. The van der Waals surface area contributed by atoms with Crippen molar-refractivity contribution in [2.24, 2.45) is 0 Å². The SMILES string of the molecule is N=c1c(-c2cccc(Cl)c2)c(-c2ccccc2)cc2n1CCC2. The second-order valence-electron chi connectivity index (χ2n) is 5.90. The lowest BCUT2D eigenvalue weighted by Crippen LogP contribution is -2.22. The van der Waals surface area contributed by atoms with Crippen LogP contribution in [0, 0.1) is 5.41 Å². The summed E-state index contributed by atoms with van der Waals surface area (Å²) in [6.07, 6.45) is 2.15. The molecule has 0 radical (unpaired) electrons. The molecule has 23 heavy (non-hydrogen) atoms. The number of nitrogens with one attached hydrogen (secondary N) is 1. The van der Waals surface area contributed by atoms with Crippen LogP contribution >= 0.6 is 11.6 Å². The summed E-state index contributed by atoms with van der Waals surface area (Å²) in [4.78, 5) is 0. The molecule has 0 bridgehead atoms. The minimum atomic E-state index is 0.584. The van der Waals surface area contributed by atoms with E-state index in [1.165, 1.54) is 5.69 Å². The van der Waals surface area contributed by atoms with Crippen molar-refractivity contribution < 1.29 is 0 Å². The molecule has 0 spiro atoms. The first-order valence-corrected chi connectivity index (χ1v) is 8.24. The Balaban J connectivity index is 2.05. The zero-order chi connectivity index (χ0) is 15.8. The highest BCUT2D eigenvalue weighted by atomic mass is 35.5. The van der Waals surface area contributed by atoms with Gasteiger partial charge in [0.1, 0.15) is 5.49 Å². The fourth-order valence-electron chi connectivity index (χ4n) is 3.39. The Morgan fingerprint density at radius 1 is 0.913 bits per heavy atom. The molecule has 2 aromatic carbocycles. The number of aromatic nitrogens is 1. The zero-order valence-corrected chi connectivity index (χ0v) is 13.5. The highest BCUT2D eigenvalue weighted by Crippen LogP contribution is 2.32. The first kappa shape index (κ1) is 14.3. The number of nitrogens with zero attached hydrogens (tertiary/aromatic N) is 1. The molecule has 0 aliphatic carbocycles. The van der Waals surface area contributed by atoms with E-state index in [9.17, 15) is 0 Å². The van der Waals surface area contributed by atoms with E-state index in [1.54, 1.807) is 0 Å². The summed E-state index contributed by atoms with van der Waals surface area (Å²) < 4.78 is 2.13. The number of fused-ring (bicyclic) bond motifs is 1. The van der Waals surface area contributed by atoms with Gasteiger partial charge in [0.25, 0.3) is 0 Å². The molecule has 3 aromatic rings. The van der Waals surface area contributed by atoms with Crippen molar-refractivity contribution in [1.82, 2.24) is 4.57 Å². The number of halogens is 1. The molecule has 114 valence electrons. The standard InChI is InChI=1S/C20H17ClN2/c21-16-9-4-8-15(12-16)19-18(14-6-2-1-3-7-14)13-17-10-5-11-23(17)20(19)22/h1-4,6-9,12-13,22H,5,10-11H2. The molecule has 0 saturated heterocycles. The molecule has 0 atom stereocenters. The van der Waals surface area contributed by atoms with Crippen molar-refractivity contribution in [2.75, 3.05) is 0 Å². The molecular formula is C20H17ClN2. The summed E-state index contributed by atoms with van der Waals surface area (Å²) in [5.74, 6) is 0. The van der Waals surface area contributed by atoms with Gasteiger partial charge in [0, 0.05) is 22.8 Å². The number of pyridine rings is 1. The van der Waals surface area contributed by atoms with Crippen molar-refractivity contribution in [3.8, 4) is 22.3 Å². The molecule has 0 fully saturated rings. The van der Waals surface area contributed by atoms with Crippen LogP contribution in [0.2, 0.25) is 5.02 Å². The van der Waals surface area contributed by atoms with Gasteiger partial charge < -0.3 is 4.57 Å². The van der Waals surface area contributed by atoms with Gasteiger partial charge in [-0.3, -0.25) is 5.41 Å². The summed E-state index contributed by atoms with van der Waals surface area (Å²) in [6, 6.07) is 20.4. The average molecular weight is 321 g/mol. The maximum Gasteiger partial charge on any atom is 0.133 e. The molecule has 0 unspecified atom stereocenters. The van der Waals surface area contributed by atoms with Crippen LogP contribution in [0.4, 0.5) is 0 Å². The van der Waals surface area contributed by atoms with E-state index >= 15 is 0 Å². The van der Waals surface area contributed by atoms with Crippen molar-refractivity contribution in [1.29, 1.82) is 5.41 Å². The second-order valence-corrected chi connectivity index (χ2v) is 6.34. The molecule has 1 N–H and O–H groups in total. The molecule has 1 aromatic heterocycles. The Morgan fingerprint density at radius 3 is 2.48 bits per heavy atom. The lowest BCUT2D eigenvalue weighted by Gasteiger charge is -2.16. The van der Waals surface area contributed by atoms with Gasteiger partial charge in [-0.15, -0.1) is 0 Å². The Kier molecular flexibility index (Phi) is 3.55. The highest BCUT2D eigenvalue weighted by molar-refractivity contribution is 6.30. The summed E-state index contributed by atoms with van der Waals surface area (Å²) in [5.41, 5.74) is 6.06. The van der Waals surface area contributed by atoms with Crippen LogP contribution in [0.1, 0.15) is 12.1 Å². The number of hydrogen-bond donors (Lipinski definition) is 1. The Hall–Kier alpha value is -2.32. The first-order valence-electron chi connectivity index (χ1n) is 7.87. The topological polar surface area (TPSA) is 28.8 Å². The van der Waals surface area contributed by atoms with Gasteiger partial charge in [-0.25, -0.2) is 0 Å². The van der Waals surface area contributed by atoms with Crippen molar-refractivity contribution in [3.05, 3.63) is 76.9 Å². The van der Waals surface area contributed by atoms with E-state index in [4.69, 9.17) is 17.0 Å². The quantitative estimate of drug-likeness (QED) is 0.695. The average Bonchev–Trinajstić information content (AvgIpc) is 3.04. The lowest BCUT2D eigenvalue weighted by atomic mass is 9.95. The molecule has 2 heterocycles. The minimum absolute atomic E-state index is 0.584. The maximum atomic E-state index is 8.75. The van der Waals surface area contributed by atoms with Gasteiger partial charge in [-0.05, 0) is 47.7 Å². The largest absolute Gasteiger partial charge is 0.330 e. The number of benzene rings is 2. The van der Waals surface area contributed by atoms with Gasteiger partial charge in [-0.1, -0.05) is 54.1 Å². The van der Waals surface area contributed by atoms with Crippen LogP contribution in [-0.4, -0.2) is 4.57 Å². The van der Waals surface area contributed by atoms with E-state index in [1.807, 2.05) is 42.5 Å². The molecule has 1 aliphatic rings. The Morgan fingerprint density at radius 2 is 1.70 bits per heavy atom. The van der Waals surface area contributed by atoms with Crippen LogP contribution in [0.15, 0.2) is 60.7 Å². The third-order valence-corrected chi connectivity index (χ3v) is 4.68. The summed E-state index contributed by atoms with van der Waals surface area (Å²) >= 11 is 6.19.